The molecule has 60 valence electrons. The van der Waals surface area contributed by atoms with Crippen molar-refractivity contribution in [2.75, 3.05) is 0 Å². The molecule has 11 heavy (non-hydrogen) atoms. The lowest BCUT2D eigenvalue weighted by Crippen LogP contribution is -1.92. The van der Waals surface area contributed by atoms with Crippen molar-refractivity contribution in [2.24, 2.45) is 0 Å². The molecule has 0 amide bonds. The highest BCUT2D eigenvalue weighted by molar-refractivity contribution is 9.08. The second kappa shape index (κ2) is 3.56. The fraction of sp³-hybridized carbons (Fsp3) is 0.167. The molecule has 0 aliphatic rings. The molecule has 1 aromatic rings. The van der Waals surface area contributed by atoms with Crippen LogP contribution in [0, 0.1) is 0 Å². The zero-order chi connectivity index (χ0) is 8.43. The molecule has 0 saturated carbocycles. The molecule has 0 aliphatic carbocycles. The SMILES string of the molecule is O=C(O)c1scc(CBr)c1Cl. The lowest BCUT2D eigenvalue weighted by molar-refractivity contribution is 0.0702. The number of halogens is 2. The topological polar surface area (TPSA) is 37.3 Å². The van der Waals surface area contributed by atoms with Crippen molar-refractivity contribution >= 4 is 44.8 Å². The van der Waals surface area contributed by atoms with Crippen LogP contribution in [0.5, 0.6) is 0 Å². The predicted octanol–water partition coefficient (Wildman–Crippen LogP) is 2.99. The zero-order valence-corrected chi connectivity index (χ0v) is 8.46. The Kier molecular flexibility index (Phi) is 2.92. The quantitative estimate of drug-likeness (QED) is 0.825. The molecule has 0 radical (unpaired) electrons. The minimum Gasteiger partial charge on any atom is -0.477 e. The highest BCUT2D eigenvalue weighted by Gasteiger charge is 2.13. The largest absolute Gasteiger partial charge is 0.477 e. The van der Waals surface area contributed by atoms with Gasteiger partial charge in [0.2, 0.25) is 0 Å². The van der Waals surface area contributed by atoms with E-state index in [2.05, 4.69) is 15.9 Å². The number of hydrogen-bond acceptors (Lipinski definition) is 2. The summed E-state index contributed by atoms with van der Waals surface area (Å²) in [5.74, 6) is -0.966. The maximum atomic E-state index is 10.5. The summed E-state index contributed by atoms with van der Waals surface area (Å²) in [6, 6.07) is 0. The van der Waals surface area contributed by atoms with E-state index in [1.54, 1.807) is 5.38 Å². The number of carboxylic acids is 1. The first kappa shape index (κ1) is 9.03. The molecule has 0 bridgehead atoms. The van der Waals surface area contributed by atoms with Crippen LogP contribution in [0.3, 0.4) is 0 Å². The standard InChI is InChI=1S/C6H4BrClO2S/c7-1-3-2-11-5(4(3)8)6(9)10/h2H,1H2,(H,9,10). The van der Waals surface area contributed by atoms with Gasteiger partial charge in [0.1, 0.15) is 4.88 Å². The van der Waals surface area contributed by atoms with Gasteiger partial charge < -0.3 is 5.11 Å². The van der Waals surface area contributed by atoms with Gasteiger partial charge in [-0.2, -0.15) is 0 Å². The van der Waals surface area contributed by atoms with Crippen molar-refractivity contribution in [3.8, 4) is 0 Å². The fourth-order valence-electron chi connectivity index (χ4n) is 0.614. The second-order valence-corrected chi connectivity index (χ2v) is 3.66. The molecule has 0 spiro atoms. The van der Waals surface area contributed by atoms with E-state index in [1.807, 2.05) is 0 Å². The molecule has 1 N–H and O–H groups in total. The summed E-state index contributed by atoms with van der Waals surface area (Å²) in [4.78, 5) is 10.7. The van der Waals surface area contributed by atoms with E-state index in [0.29, 0.717) is 10.4 Å². The molecule has 0 fully saturated rings. The van der Waals surface area contributed by atoms with E-state index in [4.69, 9.17) is 16.7 Å². The van der Waals surface area contributed by atoms with Crippen molar-refractivity contribution in [2.45, 2.75) is 5.33 Å². The molecule has 1 heterocycles. The summed E-state index contributed by atoms with van der Waals surface area (Å²) >= 11 is 10.1. The van der Waals surface area contributed by atoms with Crippen molar-refractivity contribution < 1.29 is 9.90 Å². The van der Waals surface area contributed by atoms with Gasteiger partial charge >= 0.3 is 5.97 Å². The van der Waals surface area contributed by atoms with Gasteiger partial charge in [0.25, 0.3) is 0 Å². The average Bonchev–Trinajstić information content (AvgIpc) is 2.30. The van der Waals surface area contributed by atoms with Crippen LogP contribution in [-0.2, 0) is 5.33 Å². The maximum Gasteiger partial charge on any atom is 0.347 e. The van der Waals surface area contributed by atoms with Crippen LogP contribution >= 0.6 is 38.9 Å². The van der Waals surface area contributed by atoms with Crippen molar-refractivity contribution in [3.63, 3.8) is 0 Å². The molecular formula is C6H4BrClO2S. The van der Waals surface area contributed by atoms with Crippen LogP contribution in [0.2, 0.25) is 5.02 Å². The molecule has 1 rings (SSSR count). The zero-order valence-electron chi connectivity index (χ0n) is 5.30. The molecule has 0 aromatic carbocycles. The lowest BCUT2D eigenvalue weighted by atomic mass is 10.3. The first-order chi connectivity index (χ1) is 5.16. The summed E-state index contributed by atoms with van der Waals surface area (Å²) < 4.78 is 0. The monoisotopic (exact) mass is 254 g/mol. The molecule has 0 aliphatic heterocycles. The number of aromatic carboxylic acids is 1. The van der Waals surface area contributed by atoms with Gasteiger partial charge in [-0.25, -0.2) is 4.79 Å². The summed E-state index contributed by atoms with van der Waals surface area (Å²) in [5.41, 5.74) is 0.828. The summed E-state index contributed by atoms with van der Waals surface area (Å²) in [7, 11) is 0. The van der Waals surface area contributed by atoms with E-state index >= 15 is 0 Å². The van der Waals surface area contributed by atoms with Crippen LogP contribution in [-0.4, -0.2) is 11.1 Å². The summed E-state index contributed by atoms with van der Waals surface area (Å²) in [6.07, 6.45) is 0. The Balaban J connectivity index is 3.10. The number of hydrogen-bond donors (Lipinski definition) is 1. The van der Waals surface area contributed by atoms with Crippen LogP contribution in [0.25, 0.3) is 0 Å². The Morgan fingerprint density at radius 3 is 2.73 bits per heavy atom. The van der Waals surface area contributed by atoms with Gasteiger partial charge in [-0.3, -0.25) is 0 Å². The Bertz CT molecular complexity index is 284. The minimum absolute atomic E-state index is 0.209. The van der Waals surface area contributed by atoms with Crippen LogP contribution < -0.4 is 0 Å². The number of rotatable bonds is 2. The molecule has 0 saturated heterocycles. The Labute approximate surface area is 80.9 Å². The smallest absolute Gasteiger partial charge is 0.347 e. The van der Waals surface area contributed by atoms with Crippen molar-refractivity contribution in [1.29, 1.82) is 0 Å². The number of carbonyl (C=O) groups is 1. The Morgan fingerprint density at radius 1 is 1.82 bits per heavy atom. The highest BCUT2D eigenvalue weighted by Crippen LogP contribution is 2.29. The third-order valence-electron chi connectivity index (χ3n) is 1.14. The summed E-state index contributed by atoms with van der Waals surface area (Å²) in [6.45, 7) is 0. The Hall–Kier alpha value is -0.0600. The normalized spacial score (nSPS) is 10.0. The minimum atomic E-state index is -0.966. The van der Waals surface area contributed by atoms with Crippen LogP contribution in [0.1, 0.15) is 15.2 Å². The first-order valence-corrected chi connectivity index (χ1v) is 5.10. The predicted molar refractivity (Wildman–Crippen MR) is 48.9 cm³/mol. The number of thiophene rings is 1. The number of carboxylic acid groups (broad SMARTS) is 1. The molecule has 1 aromatic heterocycles. The van der Waals surface area contributed by atoms with E-state index in [-0.39, 0.29) is 4.88 Å². The second-order valence-electron chi connectivity index (χ2n) is 1.84. The van der Waals surface area contributed by atoms with E-state index < -0.39 is 5.97 Å². The van der Waals surface area contributed by atoms with Gasteiger partial charge in [-0.05, 0) is 10.9 Å². The third kappa shape index (κ3) is 1.75. The molecule has 0 unspecified atom stereocenters. The molecular weight excluding hydrogens is 251 g/mol. The van der Waals surface area contributed by atoms with Gasteiger partial charge in [-0.1, -0.05) is 27.5 Å². The average molecular weight is 256 g/mol. The first-order valence-electron chi connectivity index (χ1n) is 2.72. The van der Waals surface area contributed by atoms with E-state index in [9.17, 15) is 4.79 Å². The number of alkyl halides is 1. The van der Waals surface area contributed by atoms with E-state index in [0.717, 1.165) is 16.9 Å². The van der Waals surface area contributed by atoms with Crippen LogP contribution in [0.4, 0.5) is 0 Å². The van der Waals surface area contributed by atoms with Crippen molar-refractivity contribution in [3.05, 3.63) is 20.8 Å². The summed E-state index contributed by atoms with van der Waals surface area (Å²) in [5, 5.41) is 11.3. The van der Waals surface area contributed by atoms with Crippen LogP contribution in [0.15, 0.2) is 5.38 Å². The fourth-order valence-corrected chi connectivity index (χ4v) is 2.63. The van der Waals surface area contributed by atoms with Gasteiger partial charge in [0.15, 0.2) is 0 Å². The Morgan fingerprint density at radius 2 is 2.45 bits per heavy atom. The van der Waals surface area contributed by atoms with E-state index in [1.165, 1.54) is 0 Å². The molecule has 5 heteroatoms. The lowest BCUT2D eigenvalue weighted by Gasteiger charge is -1.90. The highest BCUT2D eigenvalue weighted by atomic mass is 79.9. The van der Waals surface area contributed by atoms with Gasteiger partial charge in [0.05, 0.1) is 5.02 Å². The van der Waals surface area contributed by atoms with Gasteiger partial charge in [-0.15, -0.1) is 11.3 Å². The molecule has 2 nitrogen and oxygen atoms in total. The van der Waals surface area contributed by atoms with Crippen molar-refractivity contribution in [1.82, 2.24) is 0 Å². The molecule has 0 atom stereocenters. The van der Waals surface area contributed by atoms with Gasteiger partial charge in [0, 0.05) is 5.33 Å². The maximum absolute atomic E-state index is 10.5. The third-order valence-corrected chi connectivity index (χ3v) is 3.30.